The highest BCUT2D eigenvalue weighted by atomic mass is 19.3. The molecule has 180 valence electrons. The zero-order chi connectivity index (χ0) is 23.7. The van der Waals surface area contributed by atoms with Crippen molar-refractivity contribution < 1.29 is 18.6 Å². The van der Waals surface area contributed by atoms with Gasteiger partial charge in [-0.2, -0.15) is 4.98 Å². The molecule has 1 aliphatic carbocycles. The van der Waals surface area contributed by atoms with Crippen LogP contribution in [0.3, 0.4) is 0 Å². The van der Waals surface area contributed by atoms with Crippen LogP contribution in [0.1, 0.15) is 31.5 Å². The summed E-state index contributed by atoms with van der Waals surface area (Å²) < 4.78 is 33.2. The number of H-pyrrole nitrogens is 1. The van der Waals surface area contributed by atoms with Gasteiger partial charge in [0, 0.05) is 29.4 Å². The first-order chi connectivity index (χ1) is 16.5. The predicted octanol–water partition coefficient (Wildman–Crippen LogP) is 3.68. The lowest BCUT2D eigenvalue weighted by molar-refractivity contribution is 0.00719. The molecule has 4 aromatic heterocycles. The van der Waals surface area contributed by atoms with Crippen LogP contribution in [0.25, 0.3) is 33.5 Å². The number of aryl methyl sites for hydroxylation is 1. The van der Waals surface area contributed by atoms with Crippen LogP contribution in [0, 0.1) is 6.92 Å². The Morgan fingerprint density at radius 2 is 2.03 bits per heavy atom. The van der Waals surface area contributed by atoms with Crippen molar-refractivity contribution in [1.29, 1.82) is 0 Å². The molecule has 1 fully saturated rings. The van der Waals surface area contributed by atoms with Crippen molar-refractivity contribution in [1.82, 2.24) is 29.5 Å². The highest BCUT2D eigenvalue weighted by Crippen LogP contribution is 2.29. The maximum absolute atomic E-state index is 13.0. The Morgan fingerprint density at radius 3 is 2.79 bits per heavy atom. The second-order valence-electron chi connectivity index (χ2n) is 8.57. The van der Waals surface area contributed by atoms with Gasteiger partial charge in [0.15, 0.2) is 5.65 Å². The number of aromatic amines is 1. The number of imidazole rings is 1. The molecule has 0 atom stereocenters. The second-order valence-corrected chi connectivity index (χ2v) is 8.57. The van der Waals surface area contributed by atoms with Gasteiger partial charge >= 0.3 is 0 Å². The number of ether oxygens (including phenoxy) is 1. The first-order valence-electron chi connectivity index (χ1n) is 11.5. The second kappa shape index (κ2) is 9.59. The largest absolute Gasteiger partial charge is 0.394 e. The minimum absolute atomic E-state index is 0.0481. The van der Waals surface area contributed by atoms with Crippen molar-refractivity contribution in [2.24, 2.45) is 0 Å². The number of halogens is 2. The number of hydrogen-bond donors (Lipinski definition) is 3. The third-order valence-corrected chi connectivity index (χ3v) is 6.26. The minimum atomic E-state index is -2.49. The van der Waals surface area contributed by atoms with E-state index in [1.165, 1.54) is 4.57 Å². The van der Waals surface area contributed by atoms with E-state index >= 15 is 0 Å². The predicted molar refractivity (Wildman–Crippen MR) is 124 cm³/mol. The van der Waals surface area contributed by atoms with Gasteiger partial charge in [0.25, 0.3) is 6.43 Å². The van der Waals surface area contributed by atoms with E-state index in [-0.39, 0.29) is 18.8 Å². The van der Waals surface area contributed by atoms with E-state index in [2.05, 4.69) is 30.2 Å². The Hall–Kier alpha value is -3.18. The van der Waals surface area contributed by atoms with Crippen molar-refractivity contribution in [3.8, 4) is 11.3 Å². The summed E-state index contributed by atoms with van der Waals surface area (Å²) in [5.41, 5.74) is 3.13. The van der Waals surface area contributed by atoms with Gasteiger partial charge in [-0.15, -0.1) is 0 Å². The fourth-order valence-corrected chi connectivity index (χ4v) is 4.59. The molecule has 11 heteroatoms. The van der Waals surface area contributed by atoms with Gasteiger partial charge in [-0.1, -0.05) is 0 Å². The van der Waals surface area contributed by atoms with Crippen molar-refractivity contribution in [3.05, 3.63) is 30.4 Å². The highest BCUT2D eigenvalue weighted by molar-refractivity contribution is 5.93. The summed E-state index contributed by atoms with van der Waals surface area (Å²) in [7, 11) is 0. The number of nitrogens with zero attached hydrogens (tertiary/aromatic N) is 5. The summed E-state index contributed by atoms with van der Waals surface area (Å²) >= 11 is 0. The van der Waals surface area contributed by atoms with E-state index in [4.69, 9.17) is 9.84 Å². The smallest absolute Gasteiger partial charge is 0.256 e. The van der Waals surface area contributed by atoms with Gasteiger partial charge in [-0.3, -0.25) is 0 Å². The van der Waals surface area contributed by atoms with E-state index < -0.39 is 13.0 Å². The van der Waals surface area contributed by atoms with Crippen LogP contribution in [0.2, 0.25) is 0 Å². The van der Waals surface area contributed by atoms with Gasteiger partial charge in [-0.25, -0.2) is 23.7 Å². The van der Waals surface area contributed by atoms with Gasteiger partial charge in [-0.05, 0) is 44.7 Å². The molecule has 0 aromatic carbocycles. The Morgan fingerprint density at radius 1 is 1.21 bits per heavy atom. The molecule has 0 spiro atoms. The van der Waals surface area contributed by atoms with Crippen molar-refractivity contribution in [2.75, 3.05) is 18.5 Å². The van der Waals surface area contributed by atoms with Gasteiger partial charge in [0.2, 0.25) is 5.95 Å². The summed E-state index contributed by atoms with van der Waals surface area (Å²) in [5, 5.41) is 13.1. The maximum atomic E-state index is 13.0. The van der Waals surface area contributed by atoms with Crippen LogP contribution in [-0.2, 0) is 11.3 Å². The lowest BCUT2D eigenvalue weighted by Crippen LogP contribution is -2.30. The van der Waals surface area contributed by atoms with Crippen LogP contribution in [0.4, 0.5) is 14.7 Å². The van der Waals surface area contributed by atoms with Crippen molar-refractivity contribution in [2.45, 2.75) is 57.7 Å². The number of hydrogen-bond acceptors (Lipinski definition) is 7. The van der Waals surface area contributed by atoms with Crippen molar-refractivity contribution in [3.63, 3.8) is 0 Å². The molecular formula is C23H27F2N7O2. The van der Waals surface area contributed by atoms with Gasteiger partial charge in [0.05, 0.1) is 31.6 Å². The molecule has 1 aliphatic rings. The number of pyridine rings is 1. The molecule has 0 saturated heterocycles. The van der Waals surface area contributed by atoms with E-state index in [0.29, 0.717) is 40.9 Å². The normalized spacial score (nSPS) is 18.9. The number of aliphatic hydroxyl groups excluding tert-OH is 1. The summed E-state index contributed by atoms with van der Waals surface area (Å²) in [4.78, 5) is 21.3. The molecule has 0 radical (unpaired) electrons. The first kappa shape index (κ1) is 22.6. The first-order valence-corrected chi connectivity index (χ1v) is 11.5. The lowest BCUT2D eigenvalue weighted by atomic mass is 9.93. The topological polar surface area (TPSA) is 114 Å². The van der Waals surface area contributed by atoms with Crippen molar-refractivity contribution >= 4 is 28.1 Å². The molecule has 0 unspecified atom stereocenters. The van der Waals surface area contributed by atoms with Gasteiger partial charge in [0.1, 0.15) is 17.0 Å². The highest BCUT2D eigenvalue weighted by Gasteiger charge is 2.22. The number of rotatable bonds is 8. The summed E-state index contributed by atoms with van der Waals surface area (Å²) in [6.45, 7) is 1.69. The SMILES string of the molecule is Cc1nc2ccc(-c3c[nH]c4nc(N[C@H]5CC[C@@H](OCCO)CC5)ncc34)nc2n1CC(F)F. The monoisotopic (exact) mass is 471 g/mol. The quantitative estimate of drug-likeness (QED) is 0.359. The molecule has 0 amide bonds. The average molecular weight is 472 g/mol. The number of aromatic nitrogens is 6. The van der Waals surface area contributed by atoms with E-state index in [1.54, 1.807) is 19.2 Å². The van der Waals surface area contributed by atoms with E-state index in [1.807, 2.05) is 12.3 Å². The maximum Gasteiger partial charge on any atom is 0.256 e. The number of alkyl halides is 2. The molecule has 4 aromatic rings. The summed E-state index contributed by atoms with van der Waals surface area (Å²) in [5.74, 6) is 1.06. The van der Waals surface area contributed by atoms with E-state index in [0.717, 1.165) is 36.6 Å². The fourth-order valence-electron chi connectivity index (χ4n) is 4.59. The van der Waals surface area contributed by atoms with Crippen LogP contribution < -0.4 is 5.32 Å². The minimum Gasteiger partial charge on any atom is -0.394 e. The third kappa shape index (κ3) is 4.58. The fraction of sp³-hybridized carbons (Fsp3) is 0.478. The van der Waals surface area contributed by atoms with Crippen LogP contribution in [0.15, 0.2) is 24.5 Å². The molecule has 5 rings (SSSR count). The number of anilines is 1. The zero-order valence-corrected chi connectivity index (χ0v) is 18.8. The number of fused-ring (bicyclic) bond motifs is 2. The Bertz CT molecular complexity index is 1280. The van der Waals surface area contributed by atoms with Crippen LogP contribution in [0.5, 0.6) is 0 Å². The molecule has 1 saturated carbocycles. The third-order valence-electron chi connectivity index (χ3n) is 6.26. The summed E-state index contributed by atoms with van der Waals surface area (Å²) in [6.07, 6.45) is 5.03. The van der Waals surface area contributed by atoms with Crippen LogP contribution >= 0.6 is 0 Å². The van der Waals surface area contributed by atoms with E-state index in [9.17, 15) is 8.78 Å². The summed E-state index contributed by atoms with van der Waals surface area (Å²) in [6, 6.07) is 3.89. The lowest BCUT2D eigenvalue weighted by Gasteiger charge is -2.28. The molecule has 4 heterocycles. The Labute approximate surface area is 194 Å². The van der Waals surface area contributed by atoms with Gasteiger partial charge < -0.3 is 24.7 Å². The standard InChI is InChI=1S/C23H27F2N7O2/c1-13-28-19-7-6-18(30-22(19)32(13)12-20(24)25)16-10-26-21-17(16)11-27-23(31-21)29-14-2-4-15(5-3-14)34-9-8-33/h6-7,10-11,14-15,20,33H,2-5,8-9,12H2,1H3,(H2,26,27,29,31)/t14-,15+. The Kier molecular flexibility index (Phi) is 6.38. The average Bonchev–Trinajstić information content (AvgIpc) is 3.38. The molecule has 0 bridgehead atoms. The molecule has 9 nitrogen and oxygen atoms in total. The zero-order valence-electron chi connectivity index (χ0n) is 18.8. The Balaban J connectivity index is 1.35. The number of nitrogens with one attached hydrogen (secondary N) is 2. The number of aliphatic hydroxyl groups is 1. The molecule has 3 N–H and O–H groups in total. The van der Waals surface area contributed by atoms with Crippen LogP contribution in [-0.4, -0.2) is 66.4 Å². The molecule has 34 heavy (non-hydrogen) atoms. The molecule has 0 aliphatic heterocycles. The molecular weight excluding hydrogens is 444 g/mol.